The van der Waals surface area contributed by atoms with Gasteiger partial charge in [-0.1, -0.05) is 84.4 Å². The number of phenols is 2. The number of nitrogens with one attached hydrogen (secondary N) is 1. The maximum Gasteiger partial charge on any atom is 0.188 e. The number of aliphatic imine (C=N–C) groups is 1. The van der Waals surface area contributed by atoms with E-state index in [1.165, 1.54) is 56.9 Å². The molecule has 10 nitrogen and oxygen atoms in total. The number of nitrogens with zero attached hydrogens (tertiary/aromatic N) is 1. The molecule has 376 valence electrons. The van der Waals surface area contributed by atoms with Crippen molar-refractivity contribution >= 4 is 5.96 Å². The fourth-order valence-corrected chi connectivity index (χ4v) is 14.3. The van der Waals surface area contributed by atoms with E-state index < -0.39 is 18.3 Å². The minimum absolute atomic E-state index is 0.0299. The molecule has 0 amide bonds. The number of hydrogen-bond donors (Lipinski definition) is 6. The van der Waals surface area contributed by atoms with Crippen molar-refractivity contribution in [3.8, 4) is 39.9 Å². The summed E-state index contributed by atoms with van der Waals surface area (Å²) in [7, 11) is 1.73. The second-order valence-electron chi connectivity index (χ2n) is 22.8. The summed E-state index contributed by atoms with van der Waals surface area (Å²) >= 11 is 0. The lowest BCUT2D eigenvalue weighted by Crippen LogP contribution is -2.45. The van der Waals surface area contributed by atoms with E-state index in [1.54, 1.807) is 13.2 Å². The van der Waals surface area contributed by atoms with Crippen molar-refractivity contribution in [3.05, 3.63) is 76.4 Å². The van der Waals surface area contributed by atoms with Crippen molar-refractivity contribution in [2.24, 2.45) is 51.6 Å². The molecule has 69 heavy (non-hydrogen) atoms. The van der Waals surface area contributed by atoms with Crippen LogP contribution in [0.5, 0.6) is 28.7 Å². The third-order valence-corrected chi connectivity index (χ3v) is 17.7. The number of benzene rings is 3. The monoisotopic (exact) mass is 946 g/mol. The van der Waals surface area contributed by atoms with Crippen LogP contribution in [-0.4, -0.2) is 64.9 Å². The summed E-state index contributed by atoms with van der Waals surface area (Å²) in [6.07, 6.45) is 21.4. The van der Waals surface area contributed by atoms with E-state index in [9.17, 15) is 20.4 Å². The smallest absolute Gasteiger partial charge is 0.188 e. The standard InChI is InChI=1S/C59H83N3O7/c1-6-7-8-13-36(4)43-28-38-17-16-37(43)27-42(63)14-12-24-61-58(60)62-25-20-47-51(15-11-23-59(47)21-9-10-22-59)68-53-32-39(18-19-48(53)64)57-50(66)33-46-52(69-57)34-54(67-5)56-45-30-41(26-35(2)3)49(65)31-40(45)29-44(38)55(46)56/h16-19,30-32,34-38,42-44,47,50-51,57,63-66H,6-15,20-29,33H2,1-5H3,(H3,60,61,62)/t36-,37+,38+,42+,43+,44-,47+,50+,51-,57-/m0/s1. The van der Waals surface area contributed by atoms with Crippen LogP contribution in [-0.2, 0) is 19.3 Å². The third kappa shape index (κ3) is 10.5. The number of hydrogen-bond acceptors (Lipinski definition) is 10. The topological polar surface area (TPSA) is 159 Å². The molecular formula is C59H83N3O7. The van der Waals surface area contributed by atoms with Crippen molar-refractivity contribution in [1.82, 2.24) is 5.32 Å². The largest absolute Gasteiger partial charge is 0.508 e. The minimum Gasteiger partial charge on any atom is -0.508 e. The molecule has 12 rings (SSSR count). The summed E-state index contributed by atoms with van der Waals surface area (Å²) in [5.74, 6) is 4.67. The van der Waals surface area contributed by atoms with E-state index in [0.29, 0.717) is 66.9 Å². The number of fused-ring (bicyclic) bond motifs is 2. The summed E-state index contributed by atoms with van der Waals surface area (Å²) in [5.41, 5.74) is 13.8. The lowest BCUT2D eigenvalue weighted by atomic mass is 9.62. The fourth-order valence-electron chi connectivity index (χ4n) is 14.3. The Labute approximate surface area is 412 Å². The molecule has 7 N–H and O–H groups in total. The van der Waals surface area contributed by atoms with Gasteiger partial charge in [0.2, 0.25) is 0 Å². The van der Waals surface area contributed by atoms with Gasteiger partial charge in [-0.3, -0.25) is 4.99 Å². The van der Waals surface area contributed by atoms with E-state index in [1.807, 2.05) is 24.3 Å². The van der Waals surface area contributed by atoms with Crippen molar-refractivity contribution in [3.63, 3.8) is 0 Å². The molecule has 5 aliphatic heterocycles. The average molecular weight is 946 g/mol. The predicted molar refractivity (Wildman–Crippen MR) is 275 cm³/mol. The summed E-state index contributed by atoms with van der Waals surface area (Å²) in [4.78, 5) is 4.72. The molecule has 2 saturated carbocycles. The van der Waals surface area contributed by atoms with Gasteiger partial charge in [0.1, 0.15) is 29.5 Å². The van der Waals surface area contributed by atoms with Crippen LogP contribution in [0, 0.1) is 40.9 Å². The van der Waals surface area contributed by atoms with Crippen molar-refractivity contribution < 1.29 is 34.6 Å². The Hall–Kier alpha value is -4.41. The predicted octanol–water partition coefficient (Wildman–Crippen LogP) is 11.6. The summed E-state index contributed by atoms with van der Waals surface area (Å²) in [6, 6.07) is 11.7. The number of aromatic hydroxyl groups is 2. The fraction of sp³-hybridized carbons (Fsp3) is 0.644. The van der Waals surface area contributed by atoms with Gasteiger partial charge in [-0.2, -0.15) is 0 Å². The van der Waals surface area contributed by atoms with E-state index in [-0.39, 0.29) is 40.9 Å². The van der Waals surface area contributed by atoms with Crippen LogP contribution in [0.4, 0.5) is 0 Å². The number of rotatable bonds is 8. The number of allylic oxidation sites excluding steroid dienone is 2. The number of ether oxygens (including phenoxy) is 3. The lowest BCUT2D eigenvalue weighted by Gasteiger charge is -2.46. The highest BCUT2D eigenvalue weighted by atomic mass is 16.5. The number of nitrogens with two attached hydrogens (primary N) is 1. The lowest BCUT2D eigenvalue weighted by molar-refractivity contribution is -0.0154. The number of methoxy groups -OCH3 is 1. The first kappa shape index (κ1) is 49.6. The molecular weight excluding hydrogens is 863 g/mol. The van der Waals surface area contributed by atoms with E-state index in [4.69, 9.17) is 24.9 Å². The summed E-state index contributed by atoms with van der Waals surface area (Å²) in [5, 5.41) is 50.4. The molecule has 3 aromatic carbocycles. The third-order valence-electron chi connectivity index (χ3n) is 17.7. The molecule has 1 spiro atoms. The molecule has 4 aliphatic carbocycles. The summed E-state index contributed by atoms with van der Waals surface area (Å²) < 4.78 is 20.4. The SMILES string of the molecule is CCCCC[C@H](C)[C@H]1C[C@H]2C=C[C@@H]1C[C@H](O)CCCN=C(N)NCC[C@@H]1[C@H](CCCC13CCCC3)Oc1cc(ccc1O)[C@@H]1Oc3cc(OC)c4c(c3C[C@H]1O)[C@H]2Cc1cc(O)c(CC(C)C)cc1-4. The van der Waals surface area contributed by atoms with Crippen molar-refractivity contribution in [1.29, 1.82) is 0 Å². The number of aliphatic hydroxyl groups is 2. The average Bonchev–Trinajstić information content (AvgIpc) is 3.79. The highest BCUT2D eigenvalue weighted by Gasteiger charge is 2.48. The molecule has 2 fully saturated rings. The quantitative estimate of drug-likeness (QED) is 0.0955. The maximum absolute atomic E-state index is 12.4. The molecule has 0 unspecified atom stereocenters. The van der Waals surface area contributed by atoms with Crippen LogP contribution in [0.2, 0.25) is 0 Å². The van der Waals surface area contributed by atoms with Gasteiger partial charge in [0, 0.05) is 42.6 Å². The van der Waals surface area contributed by atoms with Gasteiger partial charge < -0.3 is 45.7 Å². The Bertz CT molecular complexity index is 2320. The van der Waals surface area contributed by atoms with Crippen LogP contribution in [0.25, 0.3) is 11.1 Å². The van der Waals surface area contributed by atoms with Crippen LogP contribution < -0.4 is 25.3 Å². The van der Waals surface area contributed by atoms with Crippen molar-refractivity contribution in [2.45, 2.75) is 180 Å². The Morgan fingerprint density at radius 2 is 1.67 bits per heavy atom. The van der Waals surface area contributed by atoms with Gasteiger partial charge in [-0.25, -0.2) is 0 Å². The van der Waals surface area contributed by atoms with Crippen LogP contribution in [0.1, 0.15) is 170 Å². The molecule has 9 aliphatic rings. The molecule has 0 radical (unpaired) electrons. The molecule has 8 bridgehead atoms. The van der Waals surface area contributed by atoms with Crippen molar-refractivity contribution in [2.75, 3.05) is 20.2 Å². The Morgan fingerprint density at radius 3 is 2.45 bits per heavy atom. The molecule has 10 atom stereocenters. The molecule has 5 heterocycles. The number of unbranched alkanes of at least 4 members (excludes halogenated alkanes) is 2. The van der Waals surface area contributed by atoms with E-state index >= 15 is 0 Å². The Kier molecular flexibility index (Phi) is 15.5. The molecule has 0 aromatic heterocycles. The van der Waals surface area contributed by atoms with Crippen LogP contribution in [0.15, 0.2) is 53.5 Å². The van der Waals surface area contributed by atoms with E-state index in [2.05, 4.69) is 51.2 Å². The number of guanidine groups is 1. The second kappa shape index (κ2) is 21.5. The number of aliphatic hydroxyl groups excluding tert-OH is 2. The first-order chi connectivity index (χ1) is 33.4. The first-order valence-electron chi connectivity index (χ1n) is 27.2. The molecule has 3 aromatic rings. The highest BCUT2D eigenvalue weighted by Crippen LogP contribution is 2.58. The van der Waals surface area contributed by atoms with Gasteiger partial charge in [-0.05, 0) is 170 Å². The normalized spacial score (nSPS) is 29.3. The van der Waals surface area contributed by atoms with Gasteiger partial charge >= 0.3 is 0 Å². The summed E-state index contributed by atoms with van der Waals surface area (Å²) in [6.45, 7) is 10.3. The van der Waals surface area contributed by atoms with Gasteiger partial charge in [0.25, 0.3) is 0 Å². The highest BCUT2D eigenvalue weighted by molar-refractivity contribution is 5.84. The Balaban J connectivity index is 1.14. The van der Waals surface area contributed by atoms with Gasteiger partial charge in [-0.15, -0.1) is 0 Å². The van der Waals surface area contributed by atoms with Gasteiger partial charge in [0.05, 0.1) is 19.3 Å². The molecule has 10 heteroatoms. The first-order valence-corrected chi connectivity index (χ1v) is 27.2. The Morgan fingerprint density at radius 1 is 0.870 bits per heavy atom. The number of phenolic OH excluding ortho intramolecular Hbond substituents is 2. The van der Waals surface area contributed by atoms with Gasteiger partial charge in [0.15, 0.2) is 17.5 Å². The van der Waals surface area contributed by atoms with Crippen LogP contribution in [0.3, 0.4) is 0 Å². The van der Waals surface area contributed by atoms with E-state index in [0.717, 1.165) is 96.9 Å². The zero-order valence-corrected chi connectivity index (χ0v) is 42.4. The zero-order valence-electron chi connectivity index (χ0n) is 42.4. The zero-order chi connectivity index (χ0) is 48.4. The maximum atomic E-state index is 12.4. The van der Waals surface area contributed by atoms with Crippen LogP contribution >= 0.6 is 0 Å². The second-order valence-corrected chi connectivity index (χ2v) is 22.8. The minimum atomic E-state index is -0.870. The molecule has 0 saturated heterocycles.